The number of benzene rings is 1. The molecule has 0 aliphatic carbocycles. The Bertz CT molecular complexity index is 448. The molecule has 1 unspecified atom stereocenters. The van der Waals surface area contributed by atoms with Crippen LogP contribution in [0.3, 0.4) is 0 Å². The van der Waals surface area contributed by atoms with E-state index in [1.54, 1.807) is 7.11 Å². The minimum atomic E-state index is -0.434. The van der Waals surface area contributed by atoms with Gasteiger partial charge in [-0.25, -0.2) is 0 Å². The summed E-state index contributed by atoms with van der Waals surface area (Å²) in [5.41, 5.74) is 8.34. The molecule has 0 aromatic heterocycles. The van der Waals surface area contributed by atoms with Crippen LogP contribution in [0.4, 0.5) is 5.69 Å². The molecular formula is C16H24N2O2. The number of nitrogens with zero attached hydrogens (tertiary/aromatic N) is 1. The van der Waals surface area contributed by atoms with Crippen molar-refractivity contribution in [3.05, 3.63) is 29.8 Å². The van der Waals surface area contributed by atoms with Crippen LogP contribution in [0.1, 0.15) is 31.2 Å². The smallest absolute Gasteiger partial charge is 0.243 e. The number of nitrogens with two attached hydrogens (primary N) is 1. The highest BCUT2D eigenvalue weighted by Gasteiger charge is 2.25. The Morgan fingerprint density at radius 3 is 3.00 bits per heavy atom. The number of anilines is 1. The average molecular weight is 276 g/mol. The highest BCUT2D eigenvalue weighted by molar-refractivity contribution is 5.97. The minimum absolute atomic E-state index is 0.0375. The summed E-state index contributed by atoms with van der Waals surface area (Å²) in [6.07, 6.45) is 4.69. The molecule has 0 spiro atoms. The SMILES string of the molecule is COCCCC(N)C(=O)N1CCCCc2ccccc21. The summed E-state index contributed by atoms with van der Waals surface area (Å²) >= 11 is 0. The number of hydrogen-bond donors (Lipinski definition) is 1. The van der Waals surface area contributed by atoms with Gasteiger partial charge in [-0.3, -0.25) is 4.79 Å². The quantitative estimate of drug-likeness (QED) is 0.838. The zero-order valence-electron chi connectivity index (χ0n) is 12.2. The van der Waals surface area contributed by atoms with Crippen molar-refractivity contribution >= 4 is 11.6 Å². The highest BCUT2D eigenvalue weighted by atomic mass is 16.5. The Hall–Kier alpha value is -1.39. The molecule has 1 aliphatic rings. The van der Waals surface area contributed by atoms with Gasteiger partial charge in [-0.2, -0.15) is 0 Å². The number of carbonyl (C=O) groups excluding carboxylic acids is 1. The zero-order chi connectivity index (χ0) is 14.4. The Morgan fingerprint density at radius 2 is 2.20 bits per heavy atom. The van der Waals surface area contributed by atoms with Gasteiger partial charge in [-0.15, -0.1) is 0 Å². The van der Waals surface area contributed by atoms with Crippen molar-refractivity contribution < 1.29 is 9.53 Å². The van der Waals surface area contributed by atoms with E-state index in [1.165, 1.54) is 5.56 Å². The number of aryl methyl sites for hydroxylation is 1. The summed E-state index contributed by atoms with van der Waals surface area (Å²) in [4.78, 5) is 14.4. The van der Waals surface area contributed by atoms with Crippen LogP contribution in [-0.2, 0) is 16.0 Å². The molecule has 20 heavy (non-hydrogen) atoms. The van der Waals surface area contributed by atoms with Gasteiger partial charge in [0.1, 0.15) is 0 Å². The van der Waals surface area contributed by atoms with Gasteiger partial charge in [-0.05, 0) is 43.7 Å². The summed E-state index contributed by atoms with van der Waals surface area (Å²) in [5.74, 6) is 0.0375. The number of para-hydroxylation sites is 1. The molecule has 4 nitrogen and oxygen atoms in total. The molecule has 0 bridgehead atoms. The molecule has 1 aliphatic heterocycles. The number of carbonyl (C=O) groups is 1. The number of ether oxygens (including phenoxy) is 1. The summed E-state index contributed by atoms with van der Waals surface area (Å²) < 4.78 is 5.01. The van der Waals surface area contributed by atoms with Gasteiger partial charge in [0.15, 0.2) is 0 Å². The molecule has 0 radical (unpaired) electrons. The van der Waals surface area contributed by atoms with Crippen molar-refractivity contribution in [2.45, 2.75) is 38.1 Å². The van der Waals surface area contributed by atoms with Crippen LogP contribution >= 0.6 is 0 Å². The second kappa shape index (κ2) is 7.41. The van der Waals surface area contributed by atoms with Gasteiger partial charge < -0.3 is 15.4 Å². The molecule has 1 aromatic carbocycles. The van der Waals surface area contributed by atoms with Crippen molar-refractivity contribution in [2.75, 3.05) is 25.2 Å². The minimum Gasteiger partial charge on any atom is -0.385 e. The average Bonchev–Trinajstić information content (AvgIpc) is 2.69. The van der Waals surface area contributed by atoms with Crippen LogP contribution in [0.25, 0.3) is 0 Å². The first-order chi connectivity index (χ1) is 9.74. The third kappa shape index (κ3) is 3.58. The molecule has 2 rings (SSSR count). The summed E-state index contributed by atoms with van der Waals surface area (Å²) in [6, 6.07) is 7.72. The largest absolute Gasteiger partial charge is 0.385 e. The summed E-state index contributed by atoms with van der Waals surface area (Å²) in [5, 5.41) is 0. The van der Waals surface area contributed by atoms with Crippen LogP contribution in [0.2, 0.25) is 0 Å². The fourth-order valence-electron chi connectivity index (χ4n) is 2.69. The van der Waals surface area contributed by atoms with E-state index in [2.05, 4.69) is 6.07 Å². The van der Waals surface area contributed by atoms with Crippen molar-refractivity contribution in [1.82, 2.24) is 0 Å². The van der Waals surface area contributed by atoms with E-state index in [-0.39, 0.29) is 5.91 Å². The van der Waals surface area contributed by atoms with E-state index in [9.17, 15) is 4.79 Å². The maximum atomic E-state index is 12.6. The van der Waals surface area contributed by atoms with Crippen molar-refractivity contribution in [3.63, 3.8) is 0 Å². The third-order valence-corrected chi connectivity index (χ3v) is 3.81. The first kappa shape index (κ1) is 15.0. The molecule has 0 saturated carbocycles. The Kier molecular flexibility index (Phi) is 5.56. The molecule has 0 fully saturated rings. The van der Waals surface area contributed by atoms with E-state index in [1.807, 2.05) is 23.1 Å². The number of amides is 1. The fourth-order valence-corrected chi connectivity index (χ4v) is 2.69. The molecule has 4 heteroatoms. The second-order valence-electron chi connectivity index (χ2n) is 5.32. The predicted octanol–water partition coefficient (Wildman–Crippen LogP) is 2.11. The standard InChI is InChI=1S/C16H24N2O2/c1-20-12-6-9-14(17)16(19)18-11-5-4-8-13-7-2-3-10-15(13)18/h2-3,7,10,14H,4-6,8-9,11-12,17H2,1H3. The lowest BCUT2D eigenvalue weighted by molar-refractivity contribution is -0.120. The van der Waals surface area contributed by atoms with Crippen LogP contribution < -0.4 is 10.6 Å². The predicted molar refractivity (Wildman–Crippen MR) is 80.8 cm³/mol. The fraction of sp³-hybridized carbons (Fsp3) is 0.562. The molecule has 0 saturated heterocycles. The molecule has 110 valence electrons. The first-order valence-electron chi connectivity index (χ1n) is 7.38. The summed E-state index contributed by atoms with van der Waals surface area (Å²) in [6.45, 7) is 1.42. The Morgan fingerprint density at radius 1 is 1.40 bits per heavy atom. The topological polar surface area (TPSA) is 55.6 Å². The highest BCUT2D eigenvalue weighted by Crippen LogP contribution is 2.26. The zero-order valence-corrected chi connectivity index (χ0v) is 12.2. The number of rotatable bonds is 5. The monoisotopic (exact) mass is 276 g/mol. The molecule has 2 N–H and O–H groups in total. The number of fused-ring (bicyclic) bond motifs is 1. The van der Waals surface area contributed by atoms with E-state index in [4.69, 9.17) is 10.5 Å². The third-order valence-electron chi connectivity index (χ3n) is 3.81. The number of methoxy groups -OCH3 is 1. The van der Waals surface area contributed by atoms with E-state index >= 15 is 0 Å². The maximum absolute atomic E-state index is 12.6. The normalized spacial score (nSPS) is 16.4. The van der Waals surface area contributed by atoms with Gasteiger partial charge in [0.05, 0.1) is 6.04 Å². The van der Waals surface area contributed by atoms with Crippen molar-refractivity contribution in [1.29, 1.82) is 0 Å². The van der Waals surface area contributed by atoms with E-state index < -0.39 is 6.04 Å². The molecule has 1 aromatic rings. The molecule has 1 amide bonds. The van der Waals surface area contributed by atoms with Crippen LogP contribution in [-0.4, -0.2) is 32.2 Å². The van der Waals surface area contributed by atoms with Gasteiger partial charge >= 0.3 is 0 Å². The van der Waals surface area contributed by atoms with Gasteiger partial charge in [0, 0.05) is 25.9 Å². The molecule has 1 heterocycles. The van der Waals surface area contributed by atoms with Crippen molar-refractivity contribution in [2.24, 2.45) is 5.73 Å². The van der Waals surface area contributed by atoms with Crippen LogP contribution in [0.15, 0.2) is 24.3 Å². The number of hydrogen-bond acceptors (Lipinski definition) is 3. The first-order valence-corrected chi connectivity index (χ1v) is 7.38. The lowest BCUT2D eigenvalue weighted by atomic mass is 10.1. The van der Waals surface area contributed by atoms with E-state index in [0.717, 1.165) is 37.9 Å². The van der Waals surface area contributed by atoms with E-state index in [0.29, 0.717) is 13.0 Å². The van der Waals surface area contributed by atoms with Gasteiger partial charge in [0.25, 0.3) is 0 Å². The lowest BCUT2D eigenvalue weighted by Crippen LogP contribution is -2.44. The molecular weight excluding hydrogens is 252 g/mol. The summed E-state index contributed by atoms with van der Waals surface area (Å²) in [7, 11) is 1.67. The Balaban J connectivity index is 2.09. The Labute approximate surface area is 120 Å². The van der Waals surface area contributed by atoms with Gasteiger partial charge in [0.2, 0.25) is 5.91 Å². The maximum Gasteiger partial charge on any atom is 0.243 e. The van der Waals surface area contributed by atoms with Crippen LogP contribution in [0, 0.1) is 0 Å². The van der Waals surface area contributed by atoms with Crippen LogP contribution in [0.5, 0.6) is 0 Å². The van der Waals surface area contributed by atoms with Crippen molar-refractivity contribution in [3.8, 4) is 0 Å². The lowest BCUT2D eigenvalue weighted by Gasteiger charge is -2.26. The van der Waals surface area contributed by atoms with Gasteiger partial charge in [-0.1, -0.05) is 18.2 Å². The second-order valence-corrected chi connectivity index (χ2v) is 5.32. The molecule has 1 atom stereocenters.